The lowest BCUT2D eigenvalue weighted by molar-refractivity contribution is -0.127. The summed E-state index contributed by atoms with van der Waals surface area (Å²) >= 11 is 0. The number of amides is 2. The number of allylic oxidation sites excluding steroid dienone is 2. The Labute approximate surface area is 252 Å². The summed E-state index contributed by atoms with van der Waals surface area (Å²) in [7, 11) is 3.51. The molecule has 0 saturated carbocycles. The molecule has 1 saturated heterocycles. The lowest BCUT2D eigenvalue weighted by atomic mass is 10.0. The summed E-state index contributed by atoms with van der Waals surface area (Å²) in [6, 6.07) is 0. The third-order valence-electron chi connectivity index (χ3n) is 7.85. The van der Waals surface area contributed by atoms with Gasteiger partial charge < -0.3 is 25.2 Å². The third kappa shape index (κ3) is 20.3. The second-order valence-electron chi connectivity index (χ2n) is 11.8. The molecule has 7 nitrogen and oxygen atoms in total. The maximum Gasteiger partial charge on any atom is 0.241 e. The average molecular weight is 575 g/mol. The summed E-state index contributed by atoms with van der Waals surface area (Å²) in [6.07, 6.45) is 22.7. The van der Waals surface area contributed by atoms with Crippen molar-refractivity contribution in [1.29, 1.82) is 0 Å². The van der Waals surface area contributed by atoms with Gasteiger partial charge in [-0.05, 0) is 25.7 Å². The molecule has 0 aromatic carbocycles. The van der Waals surface area contributed by atoms with Crippen LogP contribution in [0.5, 0.6) is 0 Å². The summed E-state index contributed by atoms with van der Waals surface area (Å²) in [5.41, 5.74) is 3.04. The van der Waals surface area contributed by atoms with Crippen molar-refractivity contribution in [1.82, 2.24) is 20.4 Å². The molecule has 0 aromatic rings. The van der Waals surface area contributed by atoms with Gasteiger partial charge in [0.15, 0.2) is 0 Å². The van der Waals surface area contributed by atoms with Crippen molar-refractivity contribution in [3.05, 3.63) is 36.8 Å². The van der Waals surface area contributed by atoms with Crippen molar-refractivity contribution in [2.24, 2.45) is 0 Å². The molecular weight excluding hydrogens is 512 g/mol. The second kappa shape index (κ2) is 24.3. The minimum absolute atomic E-state index is 0.0499. The van der Waals surface area contributed by atoms with Gasteiger partial charge in [0, 0.05) is 63.7 Å². The smallest absolute Gasteiger partial charge is 0.241 e. The van der Waals surface area contributed by atoms with E-state index in [1.165, 1.54) is 83.5 Å². The molecule has 1 aliphatic heterocycles. The zero-order chi connectivity index (χ0) is 30.1. The Morgan fingerprint density at radius 3 is 1.73 bits per heavy atom. The number of ether oxygens (including phenoxy) is 1. The Morgan fingerprint density at radius 2 is 1.22 bits per heavy atom. The molecule has 0 radical (unpaired) electrons. The number of likely N-dealkylation sites (tertiary alicyclic amines) is 1. The molecule has 2 N–H and O–H groups in total. The maximum absolute atomic E-state index is 12.1. The van der Waals surface area contributed by atoms with Gasteiger partial charge in [-0.3, -0.25) is 9.59 Å². The summed E-state index contributed by atoms with van der Waals surface area (Å²) in [5.74, 6) is 0.191. The molecule has 41 heavy (non-hydrogen) atoms. The zero-order valence-electron chi connectivity index (χ0n) is 26.7. The van der Waals surface area contributed by atoms with E-state index in [1.54, 1.807) is 19.0 Å². The Morgan fingerprint density at radius 1 is 0.732 bits per heavy atom. The Balaban J connectivity index is 1.73. The summed E-state index contributed by atoms with van der Waals surface area (Å²) in [6.45, 7) is 15.3. The maximum atomic E-state index is 12.1. The predicted molar refractivity (Wildman–Crippen MR) is 172 cm³/mol. The number of hydrogen-bond acceptors (Lipinski definition) is 5. The molecule has 1 aliphatic rings. The van der Waals surface area contributed by atoms with Crippen LogP contribution in [-0.2, 0) is 14.3 Å². The molecular formula is C34H62N4O3. The van der Waals surface area contributed by atoms with E-state index in [4.69, 9.17) is 4.74 Å². The van der Waals surface area contributed by atoms with E-state index < -0.39 is 0 Å². The van der Waals surface area contributed by atoms with Crippen LogP contribution in [0, 0.1) is 0 Å². The molecule has 1 fully saturated rings. The largest absolute Gasteiger partial charge is 0.381 e. The monoisotopic (exact) mass is 574 g/mol. The van der Waals surface area contributed by atoms with Gasteiger partial charge in [-0.25, -0.2) is 0 Å². The Bertz CT molecular complexity index is 749. The lowest BCUT2D eigenvalue weighted by Crippen LogP contribution is -2.32. The minimum Gasteiger partial charge on any atom is -0.381 e. The fourth-order valence-electron chi connectivity index (χ4n) is 5.00. The molecule has 0 unspecified atom stereocenters. The van der Waals surface area contributed by atoms with E-state index in [2.05, 4.69) is 35.3 Å². The highest BCUT2D eigenvalue weighted by atomic mass is 16.5. The fourth-order valence-corrected chi connectivity index (χ4v) is 5.00. The van der Waals surface area contributed by atoms with Crippen LogP contribution < -0.4 is 10.6 Å². The first-order valence-corrected chi connectivity index (χ1v) is 16.4. The first kappa shape index (κ1) is 36.7. The van der Waals surface area contributed by atoms with Crippen molar-refractivity contribution in [2.75, 3.05) is 46.9 Å². The summed E-state index contributed by atoms with van der Waals surface area (Å²) in [5, 5.41) is 6.12. The van der Waals surface area contributed by atoms with Crippen LogP contribution in [0.1, 0.15) is 122 Å². The standard InChI is InChI=1S/C34H62N4O3/c1-30(36-29-34(40)37(4)5)24-28-41-27-20-18-16-14-12-10-8-6-7-9-11-13-15-17-19-25-35-33(39)23-26-38-31(2)21-22-32(38)3/h36H,1-3,6-29H2,4-5H3,(H,35,39). The third-order valence-corrected chi connectivity index (χ3v) is 7.85. The van der Waals surface area contributed by atoms with Crippen LogP contribution >= 0.6 is 0 Å². The molecule has 1 rings (SSSR count). The first-order chi connectivity index (χ1) is 19.8. The predicted octanol–water partition coefficient (Wildman–Crippen LogP) is 7.07. The van der Waals surface area contributed by atoms with Crippen LogP contribution in [-0.4, -0.2) is 68.6 Å². The molecule has 1 heterocycles. The topological polar surface area (TPSA) is 73.9 Å². The van der Waals surface area contributed by atoms with E-state index in [9.17, 15) is 9.59 Å². The molecule has 0 spiro atoms. The highest BCUT2D eigenvalue weighted by Gasteiger charge is 2.19. The highest BCUT2D eigenvalue weighted by molar-refractivity contribution is 5.77. The number of carbonyl (C=O) groups is 2. The van der Waals surface area contributed by atoms with Gasteiger partial charge in [0.05, 0.1) is 13.2 Å². The molecule has 2 amide bonds. The quantitative estimate of drug-likeness (QED) is 0.103. The van der Waals surface area contributed by atoms with Crippen LogP contribution in [0.4, 0.5) is 0 Å². The van der Waals surface area contributed by atoms with Crippen LogP contribution in [0.15, 0.2) is 36.8 Å². The normalized spacial score (nSPS) is 13.1. The van der Waals surface area contributed by atoms with Gasteiger partial charge in [-0.2, -0.15) is 0 Å². The van der Waals surface area contributed by atoms with Gasteiger partial charge >= 0.3 is 0 Å². The van der Waals surface area contributed by atoms with E-state index >= 15 is 0 Å². The SMILES string of the molecule is C=C(CCOCCCCCCCCCCCCCCCCCNC(=O)CCN1C(=C)CCC1=C)NCC(=O)N(C)C. The van der Waals surface area contributed by atoms with Crippen molar-refractivity contribution in [3.8, 4) is 0 Å². The number of hydrogen-bond donors (Lipinski definition) is 2. The molecule has 0 aliphatic carbocycles. The number of rotatable bonds is 27. The molecule has 0 bridgehead atoms. The number of nitrogens with zero attached hydrogens (tertiary/aromatic N) is 2. The lowest BCUT2D eigenvalue weighted by Gasteiger charge is -2.20. The van der Waals surface area contributed by atoms with E-state index in [-0.39, 0.29) is 11.8 Å². The van der Waals surface area contributed by atoms with Crippen LogP contribution in [0.25, 0.3) is 0 Å². The Hall–Kier alpha value is -2.28. The number of nitrogens with one attached hydrogen (secondary N) is 2. The van der Waals surface area contributed by atoms with E-state index in [0.29, 0.717) is 26.1 Å². The van der Waals surface area contributed by atoms with Crippen molar-refractivity contribution in [2.45, 2.75) is 122 Å². The molecule has 0 aromatic heterocycles. The summed E-state index contributed by atoms with van der Waals surface area (Å²) < 4.78 is 5.70. The fraction of sp³-hybridized carbons (Fsp3) is 0.765. The highest BCUT2D eigenvalue weighted by Crippen LogP contribution is 2.27. The minimum atomic E-state index is 0.0499. The van der Waals surface area contributed by atoms with Gasteiger partial charge in [0.25, 0.3) is 0 Å². The van der Waals surface area contributed by atoms with Gasteiger partial charge in [-0.15, -0.1) is 0 Å². The molecule has 0 atom stereocenters. The average Bonchev–Trinajstić information content (AvgIpc) is 3.27. The molecule has 7 heteroatoms. The van der Waals surface area contributed by atoms with E-state index in [0.717, 1.165) is 62.3 Å². The summed E-state index contributed by atoms with van der Waals surface area (Å²) in [4.78, 5) is 27.3. The van der Waals surface area contributed by atoms with Gasteiger partial charge in [0.2, 0.25) is 11.8 Å². The van der Waals surface area contributed by atoms with Crippen molar-refractivity contribution >= 4 is 11.8 Å². The number of likely N-dealkylation sites (N-methyl/N-ethyl adjacent to an activating group) is 1. The van der Waals surface area contributed by atoms with Crippen molar-refractivity contribution < 1.29 is 14.3 Å². The van der Waals surface area contributed by atoms with Crippen molar-refractivity contribution in [3.63, 3.8) is 0 Å². The van der Waals surface area contributed by atoms with E-state index in [1.807, 2.05) is 0 Å². The van der Waals surface area contributed by atoms with Gasteiger partial charge in [0.1, 0.15) is 0 Å². The number of unbranched alkanes of at least 4 members (excludes halogenated alkanes) is 14. The zero-order valence-corrected chi connectivity index (χ0v) is 26.7. The van der Waals surface area contributed by atoms with Crippen LogP contribution in [0.2, 0.25) is 0 Å². The Kier molecular flexibility index (Phi) is 21.8. The first-order valence-electron chi connectivity index (χ1n) is 16.4. The number of carbonyl (C=O) groups excluding carboxylic acids is 2. The van der Waals surface area contributed by atoms with Crippen LogP contribution in [0.3, 0.4) is 0 Å². The second-order valence-corrected chi connectivity index (χ2v) is 11.8. The molecule has 236 valence electrons. The van der Waals surface area contributed by atoms with Gasteiger partial charge in [-0.1, -0.05) is 103 Å².